The molecule has 1 aromatic heterocycles. The maximum absolute atomic E-state index is 11.2. The van der Waals surface area contributed by atoms with E-state index >= 15 is 0 Å². The SMILES string of the molecule is Cn1nnnc1Sc1ccc(S(N)(=O)=O)cc1C(=O)O. The number of carboxylic acid groups (broad SMARTS) is 1. The Morgan fingerprint density at radius 1 is 1.45 bits per heavy atom. The standard InChI is InChI=1S/C9H9N5O4S2/c1-14-9(11-12-13-14)19-7-3-2-5(20(10,17)18)4-6(7)8(15)16/h2-4H,1H3,(H,15,16)(H2,10,17,18). The van der Waals surface area contributed by atoms with E-state index in [0.29, 0.717) is 10.1 Å². The van der Waals surface area contributed by atoms with Gasteiger partial charge in [0.05, 0.1) is 10.5 Å². The normalized spacial score (nSPS) is 11.5. The molecule has 0 radical (unpaired) electrons. The van der Waals surface area contributed by atoms with Crippen LogP contribution in [0.4, 0.5) is 0 Å². The average Bonchev–Trinajstić information content (AvgIpc) is 2.74. The number of primary sulfonamides is 1. The van der Waals surface area contributed by atoms with Gasteiger partial charge in [-0.15, -0.1) is 5.10 Å². The summed E-state index contributed by atoms with van der Waals surface area (Å²) in [5, 5.41) is 25.2. The lowest BCUT2D eigenvalue weighted by atomic mass is 10.2. The number of rotatable bonds is 4. The van der Waals surface area contributed by atoms with Crippen LogP contribution in [0.15, 0.2) is 33.1 Å². The maximum Gasteiger partial charge on any atom is 0.336 e. The number of tetrazole rings is 1. The first-order valence-electron chi connectivity index (χ1n) is 5.09. The van der Waals surface area contributed by atoms with Gasteiger partial charge in [-0.2, -0.15) is 0 Å². The highest BCUT2D eigenvalue weighted by Gasteiger charge is 2.18. The summed E-state index contributed by atoms with van der Waals surface area (Å²) >= 11 is 1.01. The number of hydrogen-bond acceptors (Lipinski definition) is 7. The summed E-state index contributed by atoms with van der Waals surface area (Å²) in [6, 6.07) is 3.58. The number of aromatic nitrogens is 4. The quantitative estimate of drug-likeness (QED) is 0.783. The van der Waals surface area contributed by atoms with E-state index in [-0.39, 0.29) is 10.5 Å². The topological polar surface area (TPSA) is 141 Å². The lowest BCUT2D eigenvalue weighted by molar-refractivity contribution is 0.0693. The van der Waals surface area contributed by atoms with Crippen LogP contribution in [0.25, 0.3) is 0 Å². The van der Waals surface area contributed by atoms with Crippen LogP contribution in [-0.2, 0) is 17.1 Å². The summed E-state index contributed by atoms with van der Waals surface area (Å²) in [5.74, 6) is -1.27. The van der Waals surface area contributed by atoms with Crippen molar-refractivity contribution >= 4 is 27.8 Å². The molecule has 2 aromatic rings. The molecule has 0 unspecified atom stereocenters. The second-order valence-electron chi connectivity index (χ2n) is 3.70. The summed E-state index contributed by atoms with van der Waals surface area (Å²) in [6.45, 7) is 0. The molecule has 0 saturated heterocycles. The third-order valence-corrected chi connectivity index (χ3v) is 4.31. The number of aryl methyl sites for hydroxylation is 1. The fourth-order valence-electron chi connectivity index (χ4n) is 1.35. The fraction of sp³-hybridized carbons (Fsp3) is 0.111. The lowest BCUT2D eigenvalue weighted by Crippen LogP contribution is -2.13. The highest BCUT2D eigenvalue weighted by molar-refractivity contribution is 7.99. The van der Waals surface area contributed by atoms with Crippen molar-refractivity contribution in [3.05, 3.63) is 23.8 Å². The first-order valence-corrected chi connectivity index (χ1v) is 7.45. The van der Waals surface area contributed by atoms with Crippen LogP contribution >= 0.6 is 11.8 Å². The highest BCUT2D eigenvalue weighted by Crippen LogP contribution is 2.29. The van der Waals surface area contributed by atoms with Gasteiger partial charge in [0.15, 0.2) is 0 Å². The fourth-order valence-corrected chi connectivity index (χ4v) is 2.72. The van der Waals surface area contributed by atoms with Gasteiger partial charge >= 0.3 is 5.97 Å². The minimum atomic E-state index is -3.96. The lowest BCUT2D eigenvalue weighted by Gasteiger charge is -2.06. The third-order valence-electron chi connectivity index (χ3n) is 2.29. The third kappa shape index (κ3) is 2.95. The van der Waals surface area contributed by atoms with Crippen molar-refractivity contribution in [1.29, 1.82) is 0 Å². The number of carbonyl (C=O) groups is 1. The van der Waals surface area contributed by atoms with Crippen molar-refractivity contribution in [2.24, 2.45) is 12.2 Å². The van der Waals surface area contributed by atoms with Gasteiger partial charge in [-0.25, -0.2) is 23.0 Å². The van der Waals surface area contributed by atoms with Crippen LogP contribution in [0.1, 0.15) is 10.4 Å². The van der Waals surface area contributed by atoms with Crippen LogP contribution in [0.2, 0.25) is 0 Å². The van der Waals surface area contributed by atoms with Crippen LogP contribution in [-0.4, -0.2) is 39.7 Å². The van der Waals surface area contributed by atoms with Crippen molar-refractivity contribution in [1.82, 2.24) is 20.2 Å². The number of benzene rings is 1. The van der Waals surface area contributed by atoms with E-state index in [9.17, 15) is 13.2 Å². The maximum atomic E-state index is 11.2. The zero-order chi connectivity index (χ0) is 14.9. The summed E-state index contributed by atoms with van der Waals surface area (Å²) in [5.41, 5.74) is -0.190. The molecule has 20 heavy (non-hydrogen) atoms. The van der Waals surface area contributed by atoms with Crippen molar-refractivity contribution in [3.63, 3.8) is 0 Å². The monoisotopic (exact) mass is 315 g/mol. The van der Waals surface area contributed by atoms with Gasteiger partial charge in [-0.3, -0.25) is 0 Å². The van der Waals surface area contributed by atoms with Gasteiger partial charge in [0.2, 0.25) is 15.2 Å². The number of aromatic carboxylic acids is 1. The van der Waals surface area contributed by atoms with E-state index < -0.39 is 16.0 Å². The summed E-state index contributed by atoms with van der Waals surface area (Å²) < 4.78 is 23.8. The van der Waals surface area contributed by atoms with Crippen molar-refractivity contribution in [2.75, 3.05) is 0 Å². The molecule has 0 bridgehead atoms. The van der Waals surface area contributed by atoms with Crippen LogP contribution in [0.3, 0.4) is 0 Å². The zero-order valence-electron chi connectivity index (χ0n) is 10.1. The molecule has 9 nitrogen and oxygen atoms in total. The van der Waals surface area contributed by atoms with Crippen LogP contribution in [0, 0.1) is 0 Å². The van der Waals surface area contributed by atoms with E-state index in [0.717, 1.165) is 17.8 Å². The summed E-state index contributed by atoms with van der Waals surface area (Å²) in [6.07, 6.45) is 0. The molecule has 0 saturated carbocycles. The van der Waals surface area contributed by atoms with Gasteiger partial charge in [0, 0.05) is 11.9 Å². The molecule has 11 heteroatoms. The van der Waals surface area contributed by atoms with E-state index in [2.05, 4.69) is 15.5 Å². The molecule has 2 rings (SSSR count). The molecule has 1 aromatic carbocycles. The molecule has 1 heterocycles. The van der Waals surface area contributed by atoms with E-state index in [1.807, 2.05) is 0 Å². The second kappa shape index (κ2) is 5.19. The predicted octanol–water partition coefficient (Wildman–Crippen LogP) is -0.293. The molecule has 0 fully saturated rings. The Morgan fingerprint density at radius 2 is 2.15 bits per heavy atom. The van der Waals surface area contributed by atoms with Gasteiger partial charge in [0.1, 0.15) is 0 Å². The van der Waals surface area contributed by atoms with Gasteiger partial charge in [0.25, 0.3) is 0 Å². The van der Waals surface area contributed by atoms with Crippen molar-refractivity contribution < 1.29 is 18.3 Å². The molecule has 0 spiro atoms. The number of nitrogens with two attached hydrogens (primary N) is 1. The number of hydrogen-bond donors (Lipinski definition) is 2. The van der Waals surface area contributed by atoms with Crippen LogP contribution < -0.4 is 5.14 Å². The highest BCUT2D eigenvalue weighted by atomic mass is 32.2. The Balaban J connectivity index is 2.49. The first kappa shape index (κ1) is 14.4. The Kier molecular flexibility index (Phi) is 3.74. The predicted molar refractivity (Wildman–Crippen MR) is 67.7 cm³/mol. The first-order chi connectivity index (χ1) is 9.29. The van der Waals surface area contributed by atoms with E-state index in [1.54, 1.807) is 7.05 Å². The summed E-state index contributed by atoms with van der Waals surface area (Å²) in [7, 11) is -2.37. The molecular weight excluding hydrogens is 306 g/mol. The van der Waals surface area contributed by atoms with Gasteiger partial charge in [-0.1, -0.05) is 0 Å². The Hall–Kier alpha value is -1.98. The number of nitrogens with zero attached hydrogens (tertiary/aromatic N) is 4. The second-order valence-corrected chi connectivity index (χ2v) is 6.27. The Morgan fingerprint density at radius 3 is 2.65 bits per heavy atom. The van der Waals surface area contributed by atoms with Crippen molar-refractivity contribution in [3.8, 4) is 0 Å². The number of carboxylic acids is 1. The largest absolute Gasteiger partial charge is 0.478 e. The van der Waals surface area contributed by atoms with Gasteiger partial charge in [-0.05, 0) is 40.4 Å². The number of sulfonamides is 1. The molecule has 0 amide bonds. The Bertz CT molecular complexity index is 770. The molecule has 0 aliphatic heterocycles. The van der Waals surface area contributed by atoms with Gasteiger partial charge < -0.3 is 5.11 Å². The molecule has 3 N–H and O–H groups in total. The van der Waals surface area contributed by atoms with E-state index in [4.69, 9.17) is 10.2 Å². The summed E-state index contributed by atoms with van der Waals surface area (Å²) in [4.78, 5) is 11.2. The van der Waals surface area contributed by atoms with E-state index in [1.165, 1.54) is 16.8 Å². The molecule has 106 valence electrons. The minimum absolute atomic E-state index is 0.190. The van der Waals surface area contributed by atoms with Crippen molar-refractivity contribution in [2.45, 2.75) is 14.9 Å². The van der Waals surface area contributed by atoms with Crippen LogP contribution in [0.5, 0.6) is 0 Å². The molecule has 0 atom stereocenters. The Labute approximate surface area is 117 Å². The molecule has 0 aliphatic rings. The molecule has 0 aliphatic carbocycles. The smallest absolute Gasteiger partial charge is 0.336 e. The molecular formula is C9H9N5O4S2. The average molecular weight is 315 g/mol. The minimum Gasteiger partial charge on any atom is -0.478 e. The zero-order valence-corrected chi connectivity index (χ0v) is 11.7.